The Morgan fingerprint density at radius 3 is 2.38 bits per heavy atom. The van der Waals surface area contributed by atoms with Crippen molar-refractivity contribution in [2.75, 3.05) is 18.0 Å². The molecular weight excluding hydrogens is 262 g/mol. The molecule has 2 aromatic rings. The number of benzene rings is 1. The molecule has 4 heteroatoms. The first kappa shape index (κ1) is 13.9. The van der Waals surface area contributed by atoms with Gasteiger partial charge in [-0.1, -0.05) is 6.07 Å². The van der Waals surface area contributed by atoms with E-state index in [1.54, 1.807) is 6.07 Å². The highest BCUT2D eigenvalue weighted by atomic mass is 16.3. The molecule has 3 rings (SSSR count). The Morgan fingerprint density at radius 1 is 1.00 bits per heavy atom. The van der Waals surface area contributed by atoms with Crippen LogP contribution in [0.5, 0.6) is 5.75 Å². The van der Waals surface area contributed by atoms with Crippen molar-refractivity contribution in [2.24, 2.45) is 0 Å². The number of piperidine rings is 1. The molecule has 0 amide bonds. The predicted molar refractivity (Wildman–Crippen MR) is 84.7 cm³/mol. The fourth-order valence-corrected chi connectivity index (χ4v) is 3.03. The summed E-state index contributed by atoms with van der Waals surface area (Å²) in [6.45, 7) is 6.08. The van der Waals surface area contributed by atoms with Crippen LogP contribution in [0.15, 0.2) is 24.3 Å². The maximum absolute atomic E-state index is 10.2. The van der Waals surface area contributed by atoms with Gasteiger partial charge in [-0.2, -0.15) is 0 Å². The number of hydrogen-bond acceptors (Lipinski definition) is 4. The highest BCUT2D eigenvalue weighted by Gasteiger charge is 2.14. The number of phenols is 1. The lowest BCUT2D eigenvalue weighted by Crippen LogP contribution is -2.30. The second-order valence-corrected chi connectivity index (χ2v) is 5.80. The van der Waals surface area contributed by atoms with Gasteiger partial charge in [-0.25, -0.2) is 0 Å². The number of aromatic nitrogens is 2. The molecule has 0 radical (unpaired) electrons. The number of rotatable bonds is 2. The molecular formula is C17H21N3O. The van der Waals surface area contributed by atoms with E-state index in [4.69, 9.17) is 0 Å². The van der Waals surface area contributed by atoms with E-state index in [-0.39, 0.29) is 5.75 Å². The standard InChI is InChI=1S/C17H21N3O/c1-12-10-13(2)17(15(21)11-12)14-6-7-16(19-18-14)20-8-4-3-5-9-20/h6-7,10-11,21H,3-5,8-9H2,1-2H3. The number of phenolic OH excluding ortho intramolecular Hbond substituents is 1. The number of aromatic hydroxyl groups is 1. The average Bonchev–Trinajstić information content (AvgIpc) is 2.48. The molecule has 0 saturated carbocycles. The van der Waals surface area contributed by atoms with Crippen molar-refractivity contribution < 1.29 is 5.11 Å². The lowest BCUT2D eigenvalue weighted by atomic mass is 10.0. The van der Waals surface area contributed by atoms with Crippen LogP contribution >= 0.6 is 0 Å². The van der Waals surface area contributed by atoms with Crippen molar-refractivity contribution in [1.29, 1.82) is 0 Å². The van der Waals surface area contributed by atoms with Gasteiger partial charge in [0.25, 0.3) is 0 Å². The van der Waals surface area contributed by atoms with E-state index in [1.165, 1.54) is 19.3 Å². The van der Waals surface area contributed by atoms with Crippen LogP contribution < -0.4 is 4.90 Å². The van der Waals surface area contributed by atoms with Gasteiger partial charge >= 0.3 is 0 Å². The van der Waals surface area contributed by atoms with Gasteiger partial charge in [-0.05, 0) is 62.4 Å². The van der Waals surface area contributed by atoms with E-state index in [9.17, 15) is 5.11 Å². The van der Waals surface area contributed by atoms with E-state index in [0.29, 0.717) is 0 Å². The molecule has 110 valence electrons. The fourth-order valence-electron chi connectivity index (χ4n) is 3.03. The molecule has 0 bridgehead atoms. The van der Waals surface area contributed by atoms with E-state index in [1.807, 2.05) is 26.0 Å². The summed E-state index contributed by atoms with van der Waals surface area (Å²) in [5, 5.41) is 18.8. The van der Waals surface area contributed by atoms with Crippen LogP contribution in [0.4, 0.5) is 5.82 Å². The molecule has 21 heavy (non-hydrogen) atoms. The highest BCUT2D eigenvalue weighted by Crippen LogP contribution is 2.32. The summed E-state index contributed by atoms with van der Waals surface area (Å²) in [6, 6.07) is 7.78. The summed E-state index contributed by atoms with van der Waals surface area (Å²) in [5.41, 5.74) is 3.57. The molecule has 0 unspecified atom stereocenters. The molecule has 0 spiro atoms. The number of anilines is 1. The van der Waals surface area contributed by atoms with Gasteiger partial charge in [0.05, 0.1) is 5.69 Å². The summed E-state index contributed by atoms with van der Waals surface area (Å²) >= 11 is 0. The maximum Gasteiger partial charge on any atom is 0.151 e. The Bertz CT molecular complexity index is 608. The first-order chi connectivity index (χ1) is 10.1. The topological polar surface area (TPSA) is 49.2 Å². The number of hydrogen-bond donors (Lipinski definition) is 1. The van der Waals surface area contributed by atoms with E-state index < -0.39 is 0 Å². The molecule has 4 nitrogen and oxygen atoms in total. The van der Waals surface area contributed by atoms with Crippen molar-refractivity contribution in [2.45, 2.75) is 33.1 Å². The first-order valence-electron chi connectivity index (χ1n) is 7.54. The molecule has 1 aromatic carbocycles. The third-order valence-corrected chi connectivity index (χ3v) is 4.05. The minimum Gasteiger partial charge on any atom is -0.507 e. The molecule has 1 N–H and O–H groups in total. The van der Waals surface area contributed by atoms with Gasteiger partial charge in [0.15, 0.2) is 5.82 Å². The van der Waals surface area contributed by atoms with Crippen LogP contribution in [0.2, 0.25) is 0 Å². The van der Waals surface area contributed by atoms with E-state index >= 15 is 0 Å². The quantitative estimate of drug-likeness (QED) is 0.917. The largest absolute Gasteiger partial charge is 0.507 e. The summed E-state index contributed by atoms with van der Waals surface area (Å²) in [6.07, 6.45) is 3.75. The lowest BCUT2D eigenvalue weighted by molar-refractivity contribution is 0.476. The van der Waals surface area contributed by atoms with Gasteiger partial charge < -0.3 is 10.0 Å². The van der Waals surface area contributed by atoms with Crippen LogP contribution in [-0.2, 0) is 0 Å². The van der Waals surface area contributed by atoms with Crippen molar-refractivity contribution in [1.82, 2.24) is 10.2 Å². The molecule has 1 aliphatic heterocycles. The summed E-state index contributed by atoms with van der Waals surface area (Å²) in [7, 11) is 0. The Kier molecular flexibility index (Phi) is 3.78. The van der Waals surface area contributed by atoms with Gasteiger partial charge in [0.2, 0.25) is 0 Å². The first-order valence-corrected chi connectivity index (χ1v) is 7.54. The van der Waals surface area contributed by atoms with Crippen LogP contribution in [-0.4, -0.2) is 28.4 Å². The zero-order valence-corrected chi connectivity index (χ0v) is 12.6. The lowest BCUT2D eigenvalue weighted by Gasteiger charge is -2.27. The van der Waals surface area contributed by atoms with Crippen molar-refractivity contribution in [3.8, 4) is 17.0 Å². The Balaban J connectivity index is 1.90. The Hall–Kier alpha value is -2.10. The molecule has 1 aliphatic rings. The minimum absolute atomic E-state index is 0.271. The Morgan fingerprint density at radius 2 is 1.76 bits per heavy atom. The molecule has 0 atom stereocenters. The second kappa shape index (κ2) is 5.72. The van der Waals surface area contributed by atoms with Crippen molar-refractivity contribution >= 4 is 5.82 Å². The third-order valence-electron chi connectivity index (χ3n) is 4.05. The third kappa shape index (κ3) is 2.84. The van der Waals surface area contributed by atoms with Gasteiger partial charge in [0.1, 0.15) is 5.75 Å². The Labute approximate surface area is 125 Å². The van der Waals surface area contributed by atoms with Crippen molar-refractivity contribution in [3.05, 3.63) is 35.4 Å². The summed E-state index contributed by atoms with van der Waals surface area (Å²) in [4.78, 5) is 2.28. The smallest absolute Gasteiger partial charge is 0.151 e. The minimum atomic E-state index is 0.271. The van der Waals surface area contributed by atoms with Crippen LogP contribution in [0.1, 0.15) is 30.4 Å². The predicted octanol–water partition coefficient (Wildman–Crippen LogP) is 3.46. The highest BCUT2D eigenvalue weighted by molar-refractivity contribution is 5.71. The summed E-state index contributed by atoms with van der Waals surface area (Å²) in [5.74, 6) is 1.20. The SMILES string of the molecule is Cc1cc(C)c(-c2ccc(N3CCCCC3)nn2)c(O)c1. The molecule has 2 heterocycles. The fraction of sp³-hybridized carbons (Fsp3) is 0.412. The van der Waals surface area contributed by atoms with Gasteiger partial charge in [-0.3, -0.25) is 0 Å². The van der Waals surface area contributed by atoms with E-state index in [0.717, 1.165) is 41.3 Å². The van der Waals surface area contributed by atoms with Crippen molar-refractivity contribution in [3.63, 3.8) is 0 Å². The molecule has 0 aliphatic carbocycles. The zero-order chi connectivity index (χ0) is 14.8. The van der Waals surface area contributed by atoms with Crippen LogP contribution in [0.3, 0.4) is 0 Å². The van der Waals surface area contributed by atoms with E-state index in [2.05, 4.69) is 21.2 Å². The van der Waals surface area contributed by atoms with Gasteiger partial charge in [0, 0.05) is 18.7 Å². The molecule has 1 aromatic heterocycles. The number of nitrogens with zero attached hydrogens (tertiary/aromatic N) is 3. The zero-order valence-electron chi connectivity index (χ0n) is 12.6. The normalized spacial score (nSPS) is 15.2. The molecule has 1 saturated heterocycles. The second-order valence-electron chi connectivity index (χ2n) is 5.80. The van der Waals surface area contributed by atoms with Crippen LogP contribution in [0, 0.1) is 13.8 Å². The number of aryl methyl sites for hydroxylation is 2. The summed E-state index contributed by atoms with van der Waals surface area (Å²) < 4.78 is 0. The van der Waals surface area contributed by atoms with Gasteiger partial charge in [-0.15, -0.1) is 10.2 Å². The molecule has 1 fully saturated rings. The maximum atomic E-state index is 10.2. The average molecular weight is 283 g/mol. The monoisotopic (exact) mass is 283 g/mol. The van der Waals surface area contributed by atoms with Crippen LogP contribution in [0.25, 0.3) is 11.3 Å².